The molecule has 0 aromatic carbocycles. The third-order valence-electron chi connectivity index (χ3n) is 6.74. The lowest BCUT2D eigenvalue weighted by atomic mass is 10.2. The van der Waals surface area contributed by atoms with Gasteiger partial charge in [-0.3, -0.25) is 18.5 Å². The summed E-state index contributed by atoms with van der Waals surface area (Å²) in [6.07, 6.45) is -3.05. The molecule has 0 bridgehead atoms. The molecule has 4 aromatic heterocycles. The van der Waals surface area contributed by atoms with Gasteiger partial charge in [0, 0.05) is 12.8 Å². The molecule has 4 aromatic rings. The number of thiazole rings is 1. The van der Waals surface area contributed by atoms with Crippen molar-refractivity contribution >= 4 is 82.1 Å². The van der Waals surface area contributed by atoms with Crippen LogP contribution in [-0.2, 0) is 39.4 Å². The number of thiol groups is 1. The van der Waals surface area contributed by atoms with E-state index in [0.29, 0.717) is 10.2 Å². The molecular formula is C20H24FN9O9P2S3. The Morgan fingerprint density at radius 3 is 2.45 bits per heavy atom. The lowest BCUT2D eigenvalue weighted by molar-refractivity contribution is -0.0498. The number of anilines is 2. The quantitative estimate of drug-likeness (QED) is 0.115. The summed E-state index contributed by atoms with van der Waals surface area (Å²) >= 11 is 9.50. The molecule has 8 atom stereocenters. The van der Waals surface area contributed by atoms with E-state index in [2.05, 4.69) is 37.2 Å². The first-order chi connectivity index (χ1) is 20.8. The van der Waals surface area contributed by atoms with Gasteiger partial charge in [-0.15, -0.1) is 0 Å². The predicted molar refractivity (Wildman–Crippen MR) is 160 cm³/mol. The van der Waals surface area contributed by atoms with Gasteiger partial charge in [0.15, 0.2) is 29.6 Å². The standard InChI is InChI=1S/C20H24FN9O9P2S3/c21-10-1-8(37-18(10)29-7-28-12-14(22)24-5-26-16(12)29)4-36-41(34,43)39-11-2-9(3-35-40(32,33)42)38-19(11)30-17-13(44-20(30)31)15(23)25-6-27-17/h5-11,18-19H,1-4H2,(H,34,43)(H2,22,24,26)(H2,23,25,27)(H2,32,33,42)/t8?,9-,10+,11+,18+,19+,41?/m0/s1. The SMILES string of the molecule is Nc1ncnc2c1ncn2[C@@H]1OC(COP(O)(=S)O[C@@H]2C[C@@H](COP(=O)(O)S)O[C@H]2n2c(=O)sc3c(N)ncnc32)C[C@H]1F. The van der Waals surface area contributed by atoms with E-state index >= 15 is 4.39 Å². The van der Waals surface area contributed by atoms with Crippen molar-refractivity contribution in [1.82, 2.24) is 34.1 Å². The molecule has 18 nitrogen and oxygen atoms in total. The summed E-state index contributed by atoms with van der Waals surface area (Å²) in [5.74, 6) is 0.200. The summed E-state index contributed by atoms with van der Waals surface area (Å²) in [6.45, 7) is -8.97. The van der Waals surface area contributed by atoms with E-state index < -0.39 is 61.9 Å². The minimum absolute atomic E-state index is 0.0433. The van der Waals surface area contributed by atoms with E-state index in [1.165, 1.54) is 17.2 Å². The highest BCUT2D eigenvalue weighted by atomic mass is 32.7. The number of fused-ring (bicyclic) bond motifs is 2. The maximum absolute atomic E-state index is 15.0. The second-order valence-corrected chi connectivity index (χ2v) is 16.2. The average Bonchev–Trinajstić information content (AvgIpc) is 3.71. The number of ether oxygens (including phenoxy) is 2. The molecular weight excluding hydrogens is 687 g/mol. The first-order valence-corrected chi connectivity index (χ1v) is 18.8. The molecule has 238 valence electrons. The Morgan fingerprint density at radius 1 is 1.05 bits per heavy atom. The summed E-state index contributed by atoms with van der Waals surface area (Å²) in [4.78, 5) is 53.0. The minimum Gasteiger partial charge on any atom is -0.382 e. The first-order valence-electron chi connectivity index (χ1n) is 12.6. The highest BCUT2D eigenvalue weighted by Gasteiger charge is 2.44. The fraction of sp³-hybridized carbons (Fsp3) is 0.500. The van der Waals surface area contributed by atoms with Crippen LogP contribution in [0.4, 0.5) is 16.0 Å². The maximum Gasteiger partial charge on any atom is 0.383 e. The van der Waals surface area contributed by atoms with Crippen molar-refractivity contribution in [3.63, 3.8) is 0 Å². The molecule has 2 aliphatic heterocycles. The number of hydrogen-bond acceptors (Lipinski definition) is 16. The Labute approximate surface area is 260 Å². The van der Waals surface area contributed by atoms with Gasteiger partial charge in [-0.1, -0.05) is 23.6 Å². The van der Waals surface area contributed by atoms with Crippen molar-refractivity contribution in [1.29, 1.82) is 0 Å². The summed E-state index contributed by atoms with van der Waals surface area (Å²) in [6, 6.07) is 0. The molecule has 6 rings (SSSR count). The highest BCUT2D eigenvalue weighted by molar-refractivity contribution is 8.44. The molecule has 0 radical (unpaired) electrons. The first kappa shape index (κ1) is 31.8. The number of nitrogens with zero attached hydrogens (tertiary/aromatic N) is 7. The van der Waals surface area contributed by atoms with E-state index in [4.69, 9.17) is 46.3 Å². The van der Waals surface area contributed by atoms with Crippen molar-refractivity contribution in [3.8, 4) is 0 Å². The monoisotopic (exact) mass is 711 g/mol. The molecule has 6 heterocycles. The smallest absolute Gasteiger partial charge is 0.382 e. The maximum atomic E-state index is 15.0. The molecule has 2 saturated heterocycles. The topological polar surface area (TPSA) is 247 Å². The van der Waals surface area contributed by atoms with Gasteiger partial charge in [-0.25, -0.2) is 33.9 Å². The predicted octanol–water partition coefficient (Wildman–Crippen LogP) is 1.44. The van der Waals surface area contributed by atoms with E-state index in [-0.39, 0.29) is 42.4 Å². The molecule has 2 fully saturated rings. The van der Waals surface area contributed by atoms with Crippen molar-refractivity contribution < 1.29 is 41.8 Å². The van der Waals surface area contributed by atoms with Crippen LogP contribution in [0, 0.1) is 0 Å². The molecule has 24 heteroatoms. The van der Waals surface area contributed by atoms with E-state index in [1.54, 1.807) is 0 Å². The Morgan fingerprint density at radius 2 is 1.70 bits per heavy atom. The van der Waals surface area contributed by atoms with Crippen LogP contribution in [0.25, 0.3) is 21.5 Å². The van der Waals surface area contributed by atoms with Gasteiger partial charge >= 0.3 is 18.4 Å². The zero-order valence-electron chi connectivity index (χ0n) is 22.1. The molecule has 2 aliphatic rings. The van der Waals surface area contributed by atoms with Crippen LogP contribution >= 0.6 is 37.1 Å². The van der Waals surface area contributed by atoms with Gasteiger partial charge in [-0.05, 0) is 11.8 Å². The fourth-order valence-electron chi connectivity index (χ4n) is 4.91. The molecule has 44 heavy (non-hydrogen) atoms. The lowest BCUT2D eigenvalue weighted by Crippen LogP contribution is -2.29. The number of aromatic nitrogens is 7. The number of rotatable bonds is 10. The van der Waals surface area contributed by atoms with Gasteiger partial charge in [-0.2, -0.15) is 0 Å². The van der Waals surface area contributed by atoms with E-state index in [9.17, 15) is 19.1 Å². The normalized spacial score (nSPS) is 28.5. The van der Waals surface area contributed by atoms with Crippen molar-refractivity contribution in [3.05, 3.63) is 28.6 Å². The number of hydrogen-bond donors (Lipinski definition) is 5. The average molecular weight is 712 g/mol. The van der Waals surface area contributed by atoms with Gasteiger partial charge < -0.3 is 39.8 Å². The van der Waals surface area contributed by atoms with Gasteiger partial charge in [0.2, 0.25) is 0 Å². The summed E-state index contributed by atoms with van der Waals surface area (Å²) in [5, 5.41) is 0. The lowest BCUT2D eigenvalue weighted by Gasteiger charge is -2.25. The van der Waals surface area contributed by atoms with Crippen LogP contribution in [0.2, 0.25) is 0 Å². The Kier molecular flexibility index (Phi) is 8.80. The zero-order chi connectivity index (χ0) is 31.4. The van der Waals surface area contributed by atoms with Gasteiger partial charge in [0.25, 0.3) is 0 Å². The third kappa shape index (κ3) is 6.53. The molecule has 3 unspecified atom stereocenters. The highest BCUT2D eigenvalue weighted by Crippen LogP contribution is 2.52. The second kappa shape index (κ2) is 12.2. The second-order valence-electron chi connectivity index (χ2n) is 9.71. The number of halogens is 1. The van der Waals surface area contributed by atoms with Crippen molar-refractivity contribution in [2.24, 2.45) is 0 Å². The number of alkyl halides is 1. The van der Waals surface area contributed by atoms with Gasteiger partial charge in [0.05, 0.1) is 31.7 Å². The van der Waals surface area contributed by atoms with Crippen LogP contribution in [-0.4, -0.2) is 81.5 Å². The number of nitrogens with two attached hydrogens (primary N) is 2. The number of nitrogen functional groups attached to an aromatic ring is 2. The minimum atomic E-state index is -4.16. The van der Waals surface area contributed by atoms with Gasteiger partial charge in [0.1, 0.15) is 41.0 Å². The summed E-state index contributed by atoms with van der Waals surface area (Å²) < 4.78 is 57.4. The van der Waals surface area contributed by atoms with Crippen LogP contribution in [0.3, 0.4) is 0 Å². The summed E-state index contributed by atoms with van der Waals surface area (Å²) in [7, 11) is 0. The third-order valence-corrected chi connectivity index (χ3v) is 10.1. The fourth-order valence-corrected chi connectivity index (χ4v) is 7.79. The molecule has 6 N–H and O–H groups in total. The Bertz CT molecular complexity index is 1860. The Balaban J connectivity index is 1.17. The summed E-state index contributed by atoms with van der Waals surface area (Å²) in [5.41, 5.74) is 12.4. The molecule has 0 aliphatic carbocycles. The van der Waals surface area contributed by atoms with Crippen LogP contribution < -0.4 is 16.3 Å². The van der Waals surface area contributed by atoms with Crippen LogP contribution in [0.15, 0.2) is 23.8 Å². The number of imidazole rings is 1. The Hall–Kier alpha value is -2.20. The zero-order valence-corrected chi connectivity index (χ0v) is 26.4. The molecule has 0 spiro atoms. The van der Waals surface area contributed by atoms with E-state index in [1.807, 2.05) is 0 Å². The molecule has 0 amide bonds. The molecule has 0 saturated carbocycles. The largest absolute Gasteiger partial charge is 0.383 e. The van der Waals surface area contributed by atoms with E-state index in [0.717, 1.165) is 22.2 Å². The van der Waals surface area contributed by atoms with Crippen molar-refractivity contribution in [2.45, 2.75) is 49.8 Å². The van der Waals surface area contributed by atoms with Crippen LogP contribution in [0.5, 0.6) is 0 Å². The van der Waals surface area contributed by atoms with Crippen molar-refractivity contribution in [2.75, 3.05) is 24.7 Å². The van der Waals surface area contributed by atoms with Crippen LogP contribution in [0.1, 0.15) is 25.3 Å².